The molecule has 2 aromatic rings. The van der Waals surface area contributed by atoms with Crippen LogP contribution in [0, 0.1) is 0 Å². The highest BCUT2D eigenvalue weighted by molar-refractivity contribution is 6.30. The van der Waals surface area contributed by atoms with Gasteiger partial charge >= 0.3 is 0 Å². The van der Waals surface area contributed by atoms with Crippen LogP contribution >= 0.6 is 11.6 Å². The van der Waals surface area contributed by atoms with Gasteiger partial charge in [-0.1, -0.05) is 23.7 Å². The van der Waals surface area contributed by atoms with Gasteiger partial charge in [0.1, 0.15) is 5.75 Å². The topological polar surface area (TPSA) is 66.4 Å². The van der Waals surface area contributed by atoms with E-state index in [0.717, 1.165) is 0 Å². The third-order valence-corrected chi connectivity index (χ3v) is 3.00. The average molecular weight is 290 g/mol. The van der Waals surface area contributed by atoms with Gasteiger partial charge < -0.3 is 10.4 Å². The summed E-state index contributed by atoms with van der Waals surface area (Å²) in [7, 11) is 0. The van der Waals surface area contributed by atoms with E-state index in [0.29, 0.717) is 16.1 Å². The third kappa shape index (κ3) is 3.16. The van der Waals surface area contributed by atoms with Crippen LogP contribution in [0.3, 0.4) is 0 Å². The normalized spacial score (nSPS) is 10.1. The number of benzene rings is 2. The summed E-state index contributed by atoms with van der Waals surface area (Å²) in [5.41, 5.74) is 1.20. The van der Waals surface area contributed by atoms with Gasteiger partial charge in [-0.3, -0.25) is 9.59 Å². The van der Waals surface area contributed by atoms with E-state index in [1.54, 1.807) is 30.3 Å². The molecule has 20 heavy (non-hydrogen) atoms. The number of hydrogen-bond donors (Lipinski definition) is 2. The van der Waals surface area contributed by atoms with E-state index in [4.69, 9.17) is 11.6 Å². The van der Waals surface area contributed by atoms with Crippen molar-refractivity contribution in [3.63, 3.8) is 0 Å². The molecule has 5 heteroatoms. The lowest BCUT2D eigenvalue weighted by Gasteiger charge is -2.08. The maximum atomic E-state index is 12.0. The number of Topliss-reactive ketones (excluding diaryl/α,β-unsaturated/α-hetero) is 1. The molecule has 2 aromatic carbocycles. The maximum Gasteiger partial charge on any atom is 0.255 e. The number of amides is 1. The van der Waals surface area contributed by atoms with Crippen molar-refractivity contribution in [2.75, 3.05) is 5.32 Å². The lowest BCUT2D eigenvalue weighted by atomic mass is 10.1. The van der Waals surface area contributed by atoms with Crippen molar-refractivity contribution in [1.82, 2.24) is 0 Å². The van der Waals surface area contributed by atoms with Gasteiger partial charge in [0.05, 0.1) is 5.69 Å². The number of phenolic OH excluding ortho intramolecular Hbond substituents is 1. The number of carbonyl (C=O) groups is 2. The molecule has 0 fully saturated rings. The van der Waals surface area contributed by atoms with E-state index in [9.17, 15) is 14.7 Å². The van der Waals surface area contributed by atoms with E-state index < -0.39 is 0 Å². The molecule has 0 saturated carbocycles. The smallest absolute Gasteiger partial charge is 0.255 e. The van der Waals surface area contributed by atoms with Crippen molar-refractivity contribution in [1.29, 1.82) is 0 Å². The average Bonchev–Trinajstić information content (AvgIpc) is 2.42. The van der Waals surface area contributed by atoms with E-state index in [1.165, 1.54) is 19.1 Å². The number of carbonyl (C=O) groups excluding carboxylic acids is 2. The second-order valence-corrected chi connectivity index (χ2v) is 4.69. The van der Waals surface area contributed by atoms with Gasteiger partial charge in [0.25, 0.3) is 5.91 Å². The summed E-state index contributed by atoms with van der Waals surface area (Å²) in [5.74, 6) is -0.545. The van der Waals surface area contributed by atoms with Crippen molar-refractivity contribution in [2.24, 2.45) is 0 Å². The number of halogens is 1. The van der Waals surface area contributed by atoms with Crippen molar-refractivity contribution in [2.45, 2.75) is 6.92 Å². The Morgan fingerprint density at radius 1 is 1.05 bits per heavy atom. The van der Waals surface area contributed by atoms with Crippen LogP contribution < -0.4 is 5.32 Å². The molecule has 4 nitrogen and oxygen atoms in total. The molecule has 0 radical (unpaired) electrons. The summed E-state index contributed by atoms with van der Waals surface area (Å²) in [6, 6.07) is 10.7. The third-order valence-electron chi connectivity index (χ3n) is 2.76. The number of nitrogens with one attached hydrogen (secondary N) is 1. The van der Waals surface area contributed by atoms with Gasteiger partial charge in [0.15, 0.2) is 5.78 Å². The molecule has 0 unspecified atom stereocenters. The summed E-state index contributed by atoms with van der Waals surface area (Å²) in [4.78, 5) is 23.1. The number of anilines is 1. The molecule has 0 saturated heterocycles. The molecule has 2 rings (SSSR count). The highest BCUT2D eigenvalue weighted by atomic mass is 35.5. The van der Waals surface area contributed by atoms with Crippen LogP contribution in [0.15, 0.2) is 42.5 Å². The van der Waals surface area contributed by atoms with Crippen LogP contribution in [0.1, 0.15) is 27.6 Å². The number of ketones is 1. The lowest BCUT2D eigenvalue weighted by Crippen LogP contribution is -2.12. The number of phenols is 1. The molecule has 0 atom stereocenters. The first-order valence-electron chi connectivity index (χ1n) is 5.88. The largest absolute Gasteiger partial charge is 0.506 e. The predicted octanol–water partition coefficient (Wildman–Crippen LogP) is 3.50. The second-order valence-electron chi connectivity index (χ2n) is 4.25. The van der Waals surface area contributed by atoms with Gasteiger partial charge in [-0.05, 0) is 31.2 Å². The summed E-state index contributed by atoms with van der Waals surface area (Å²) in [5, 5.41) is 12.6. The Kier molecular flexibility index (Phi) is 4.05. The summed E-state index contributed by atoms with van der Waals surface area (Å²) >= 11 is 5.71. The lowest BCUT2D eigenvalue weighted by molar-refractivity contribution is 0.100. The van der Waals surface area contributed by atoms with Gasteiger partial charge in [-0.25, -0.2) is 0 Å². The van der Waals surface area contributed by atoms with E-state index in [2.05, 4.69) is 5.32 Å². The summed E-state index contributed by atoms with van der Waals surface area (Å²) in [6.45, 7) is 1.46. The van der Waals surface area contributed by atoms with E-state index in [1.807, 2.05) is 0 Å². The fourth-order valence-corrected chi connectivity index (χ4v) is 1.83. The molecule has 0 aliphatic heterocycles. The Morgan fingerprint density at radius 3 is 2.20 bits per heavy atom. The van der Waals surface area contributed by atoms with Crippen LogP contribution in [0.25, 0.3) is 0 Å². The SMILES string of the molecule is CC(=O)c1ccc(C(=O)Nc2ccc(Cl)cc2O)cc1. The first-order valence-corrected chi connectivity index (χ1v) is 6.26. The standard InChI is InChI=1S/C15H12ClNO3/c1-9(18)10-2-4-11(5-3-10)15(20)17-13-7-6-12(16)8-14(13)19/h2-8,19H,1H3,(H,17,20). The second kappa shape index (κ2) is 5.75. The van der Waals surface area contributed by atoms with Crippen LogP contribution in [-0.4, -0.2) is 16.8 Å². The van der Waals surface area contributed by atoms with Crippen LogP contribution in [-0.2, 0) is 0 Å². The predicted molar refractivity (Wildman–Crippen MR) is 77.5 cm³/mol. The molecule has 1 amide bonds. The van der Waals surface area contributed by atoms with E-state index >= 15 is 0 Å². The van der Waals surface area contributed by atoms with Crippen molar-refractivity contribution >= 4 is 29.0 Å². The zero-order chi connectivity index (χ0) is 14.7. The van der Waals surface area contributed by atoms with E-state index in [-0.39, 0.29) is 23.1 Å². The molecule has 2 N–H and O–H groups in total. The first kappa shape index (κ1) is 14.1. The quantitative estimate of drug-likeness (QED) is 0.671. The summed E-state index contributed by atoms with van der Waals surface area (Å²) in [6.07, 6.45) is 0. The molecule has 0 bridgehead atoms. The molecular weight excluding hydrogens is 278 g/mol. The zero-order valence-electron chi connectivity index (χ0n) is 10.7. The van der Waals surface area contributed by atoms with Gasteiger partial charge in [0.2, 0.25) is 0 Å². The maximum absolute atomic E-state index is 12.0. The molecule has 0 spiro atoms. The highest BCUT2D eigenvalue weighted by Gasteiger charge is 2.09. The summed E-state index contributed by atoms with van der Waals surface area (Å²) < 4.78 is 0. The molecule has 102 valence electrons. The van der Waals surface area contributed by atoms with Crippen molar-refractivity contribution in [3.05, 3.63) is 58.6 Å². The van der Waals surface area contributed by atoms with Gasteiger partial charge in [-0.2, -0.15) is 0 Å². The minimum Gasteiger partial charge on any atom is -0.506 e. The molecular formula is C15H12ClNO3. The number of aromatic hydroxyl groups is 1. The van der Waals surface area contributed by atoms with Crippen LogP contribution in [0.4, 0.5) is 5.69 Å². The van der Waals surface area contributed by atoms with Crippen LogP contribution in [0.2, 0.25) is 5.02 Å². The van der Waals surface area contributed by atoms with Gasteiger partial charge in [-0.15, -0.1) is 0 Å². The highest BCUT2D eigenvalue weighted by Crippen LogP contribution is 2.26. The van der Waals surface area contributed by atoms with Crippen molar-refractivity contribution < 1.29 is 14.7 Å². The Hall–Kier alpha value is -2.33. The Balaban J connectivity index is 2.17. The molecule has 0 heterocycles. The van der Waals surface area contributed by atoms with Gasteiger partial charge in [0, 0.05) is 22.2 Å². The number of rotatable bonds is 3. The fourth-order valence-electron chi connectivity index (χ4n) is 1.66. The minimum absolute atomic E-state index is 0.0627. The fraction of sp³-hybridized carbons (Fsp3) is 0.0667. The Bertz CT molecular complexity index is 665. The van der Waals surface area contributed by atoms with Crippen LogP contribution in [0.5, 0.6) is 5.75 Å². The number of hydrogen-bond acceptors (Lipinski definition) is 3. The zero-order valence-corrected chi connectivity index (χ0v) is 11.4. The monoisotopic (exact) mass is 289 g/mol. The Labute approximate surface area is 121 Å². The molecule has 0 aliphatic rings. The minimum atomic E-state index is -0.377. The molecule has 0 aromatic heterocycles. The molecule has 0 aliphatic carbocycles. The van der Waals surface area contributed by atoms with Crippen molar-refractivity contribution in [3.8, 4) is 5.75 Å². The Morgan fingerprint density at radius 2 is 1.65 bits per heavy atom. The first-order chi connectivity index (χ1) is 9.47.